The van der Waals surface area contributed by atoms with Crippen LogP contribution < -0.4 is 5.32 Å². The molecule has 2 aromatic rings. The number of ether oxygens (including phenoxy) is 1. The molecule has 1 atom stereocenters. The molecule has 6 heteroatoms. The Hall–Kier alpha value is -2.34. The quantitative estimate of drug-likeness (QED) is 0.574. The second-order valence-corrected chi connectivity index (χ2v) is 5.95. The Balaban J connectivity index is 1.81. The molecule has 0 unspecified atom stereocenters. The van der Waals surface area contributed by atoms with E-state index >= 15 is 0 Å². The highest BCUT2D eigenvalue weighted by Gasteiger charge is 2.13. The Labute approximate surface area is 148 Å². The maximum atomic E-state index is 11.9. The van der Waals surface area contributed by atoms with Crippen LogP contribution in [0, 0.1) is 0 Å². The van der Waals surface area contributed by atoms with Gasteiger partial charge in [-0.3, -0.25) is 4.79 Å². The van der Waals surface area contributed by atoms with E-state index < -0.39 is 5.97 Å². The average molecular weight is 392 g/mol. The van der Waals surface area contributed by atoms with Crippen molar-refractivity contribution < 1.29 is 18.7 Å². The van der Waals surface area contributed by atoms with Gasteiger partial charge in [0.1, 0.15) is 5.76 Å². The van der Waals surface area contributed by atoms with Gasteiger partial charge >= 0.3 is 5.97 Å². The van der Waals surface area contributed by atoms with Crippen LogP contribution in [0.1, 0.15) is 30.7 Å². The van der Waals surface area contributed by atoms with Crippen molar-refractivity contribution >= 4 is 33.9 Å². The van der Waals surface area contributed by atoms with Gasteiger partial charge in [0, 0.05) is 10.5 Å². The summed E-state index contributed by atoms with van der Waals surface area (Å²) in [5.41, 5.74) is 0.998. The second-order valence-electron chi connectivity index (χ2n) is 5.04. The number of nitrogens with one attached hydrogen (secondary N) is 1. The fraction of sp³-hybridized carbons (Fsp3) is 0.222. The molecule has 1 amide bonds. The molecule has 0 radical (unpaired) electrons. The Morgan fingerprint density at radius 2 is 2.04 bits per heavy atom. The van der Waals surface area contributed by atoms with E-state index in [9.17, 15) is 9.59 Å². The first-order valence-corrected chi connectivity index (χ1v) is 8.31. The van der Waals surface area contributed by atoms with Gasteiger partial charge in [0.05, 0.1) is 12.3 Å². The second kappa shape index (κ2) is 9.08. The monoisotopic (exact) mass is 391 g/mol. The molecule has 5 nitrogen and oxygen atoms in total. The van der Waals surface area contributed by atoms with Gasteiger partial charge in [0.15, 0.2) is 6.61 Å². The lowest BCUT2D eigenvalue weighted by Crippen LogP contribution is -2.32. The molecular formula is C18H18BrNO4. The number of rotatable bonds is 7. The zero-order valence-electron chi connectivity index (χ0n) is 13.2. The highest BCUT2D eigenvalue weighted by Crippen LogP contribution is 2.19. The van der Waals surface area contributed by atoms with Crippen LogP contribution in [-0.2, 0) is 14.3 Å². The highest BCUT2D eigenvalue weighted by atomic mass is 79.9. The first-order chi connectivity index (χ1) is 11.6. The molecule has 0 aliphatic heterocycles. The lowest BCUT2D eigenvalue weighted by molar-refractivity contribution is -0.144. The van der Waals surface area contributed by atoms with Crippen molar-refractivity contribution in [1.82, 2.24) is 5.32 Å². The van der Waals surface area contributed by atoms with Gasteiger partial charge in [-0.15, -0.1) is 0 Å². The molecule has 126 valence electrons. The number of carbonyl (C=O) groups excluding carboxylic acids is 2. The van der Waals surface area contributed by atoms with Gasteiger partial charge in [-0.2, -0.15) is 0 Å². The minimum absolute atomic E-state index is 0.122. The molecule has 1 N–H and O–H groups in total. The van der Waals surface area contributed by atoms with Gasteiger partial charge in [-0.25, -0.2) is 4.79 Å². The van der Waals surface area contributed by atoms with Crippen molar-refractivity contribution in [3.8, 4) is 0 Å². The normalized spacial score (nSPS) is 12.1. The molecule has 0 aliphatic rings. The summed E-state index contributed by atoms with van der Waals surface area (Å²) in [4.78, 5) is 23.5. The molecule has 0 aliphatic carbocycles. The minimum Gasteiger partial charge on any atom is -0.465 e. The molecule has 1 heterocycles. The lowest BCUT2D eigenvalue weighted by atomic mass is 10.0. The zero-order chi connectivity index (χ0) is 17.4. The molecule has 1 aromatic heterocycles. The maximum absolute atomic E-state index is 11.9. The van der Waals surface area contributed by atoms with E-state index in [1.54, 1.807) is 12.1 Å². The van der Waals surface area contributed by atoms with Crippen molar-refractivity contribution in [3.63, 3.8) is 0 Å². The van der Waals surface area contributed by atoms with Crippen LogP contribution in [0.4, 0.5) is 0 Å². The standard InChI is InChI=1S/C18H18BrNO4/c1-2-16(13-5-7-14(19)8-6-13)20-17(21)12-24-18(22)10-9-15-4-3-11-23-15/h3-11,16H,2,12H2,1H3,(H,20,21)/b10-9+/t16-/m0/s1. The predicted octanol–water partition coefficient (Wildman–Crippen LogP) is 3.87. The third-order valence-electron chi connectivity index (χ3n) is 3.29. The number of furan rings is 1. The zero-order valence-corrected chi connectivity index (χ0v) is 14.8. The van der Waals surface area contributed by atoms with Crippen molar-refractivity contribution in [2.45, 2.75) is 19.4 Å². The summed E-state index contributed by atoms with van der Waals surface area (Å²) < 4.78 is 10.9. The fourth-order valence-electron chi connectivity index (χ4n) is 2.07. The van der Waals surface area contributed by atoms with Gasteiger partial charge in [0.2, 0.25) is 0 Å². The van der Waals surface area contributed by atoms with E-state index in [4.69, 9.17) is 9.15 Å². The van der Waals surface area contributed by atoms with E-state index in [1.165, 1.54) is 18.4 Å². The van der Waals surface area contributed by atoms with E-state index in [0.29, 0.717) is 5.76 Å². The molecule has 0 spiro atoms. The molecule has 0 saturated carbocycles. The largest absolute Gasteiger partial charge is 0.465 e. The Kier molecular flexibility index (Phi) is 6.81. The molecule has 0 saturated heterocycles. The van der Waals surface area contributed by atoms with Gasteiger partial charge in [-0.05, 0) is 42.3 Å². The average Bonchev–Trinajstić information content (AvgIpc) is 3.10. The smallest absolute Gasteiger partial charge is 0.331 e. The predicted molar refractivity (Wildman–Crippen MR) is 94.0 cm³/mol. The molecule has 0 bridgehead atoms. The van der Waals surface area contributed by atoms with E-state index in [0.717, 1.165) is 16.5 Å². The number of carbonyl (C=O) groups is 2. The number of hydrogen-bond acceptors (Lipinski definition) is 4. The number of halogens is 1. The SMILES string of the molecule is CC[C@H](NC(=O)COC(=O)/C=C/c1ccco1)c1ccc(Br)cc1. The molecular weight excluding hydrogens is 374 g/mol. The third-order valence-corrected chi connectivity index (χ3v) is 3.82. The van der Waals surface area contributed by atoms with E-state index in [-0.39, 0.29) is 18.6 Å². The van der Waals surface area contributed by atoms with Crippen LogP contribution in [-0.4, -0.2) is 18.5 Å². The minimum atomic E-state index is -0.599. The van der Waals surface area contributed by atoms with Crippen molar-refractivity contribution in [2.24, 2.45) is 0 Å². The fourth-order valence-corrected chi connectivity index (χ4v) is 2.34. The van der Waals surface area contributed by atoms with Crippen LogP contribution in [0.3, 0.4) is 0 Å². The van der Waals surface area contributed by atoms with Crippen molar-refractivity contribution in [3.05, 3.63) is 64.5 Å². The van der Waals surface area contributed by atoms with Crippen molar-refractivity contribution in [2.75, 3.05) is 6.61 Å². The number of esters is 1. The maximum Gasteiger partial charge on any atom is 0.331 e. The molecule has 0 fully saturated rings. The van der Waals surface area contributed by atoms with Gasteiger partial charge in [0.25, 0.3) is 5.91 Å². The third kappa shape index (κ3) is 5.70. The van der Waals surface area contributed by atoms with Crippen LogP contribution in [0.2, 0.25) is 0 Å². The molecule has 24 heavy (non-hydrogen) atoms. The summed E-state index contributed by atoms with van der Waals surface area (Å²) in [7, 11) is 0. The Morgan fingerprint density at radius 3 is 2.67 bits per heavy atom. The number of amides is 1. The van der Waals surface area contributed by atoms with Crippen LogP contribution >= 0.6 is 15.9 Å². The summed E-state index contributed by atoms with van der Waals surface area (Å²) in [5.74, 6) is -0.402. The lowest BCUT2D eigenvalue weighted by Gasteiger charge is -2.17. The summed E-state index contributed by atoms with van der Waals surface area (Å²) in [6, 6.07) is 11.0. The first kappa shape index (κ1) is 18.0. The summed E-state index contributed by atoms with van der Waals surface area (Å²) in [5, 5.41) is 2.85. The van der Waals surface area contributed by atoms with Crippen LogP contribution in [0.15, 0.2) is 57.6 Å². The summed E-state index contributed by atoms with van der Waals surface area (Å²) in [6.45, 7) is 1.65. The Morgan fingerprint density at radius 1 is 1.29 bits per heavy atom. The summed E-state index contributed by atoms with van der Waals surface area (Å²) in [6.07, 6.45) is 4.94. The van der Waals surface area contributed by atoms with Crippen molar-refractivity contribution in [1.29, 1.82) is 0 Å². The summed E-state index contributed by atoms with van der Waals surface area (Å²) >= 11 is 3.38. The van der Waals surface area contributed by atoms with Gasteiger partial charge < -0.3 is 14.5 Å². The number of hydrogen-bond donors (Lipinski definition) is 1. The number of benzene rings is 1. The highest BCUT2D eigenvalue weighted by molar-refractivity contribution is 9.10. The topological polar surface area (TPSA) is 68.5 Å². The van der Waals surface area contributed by atoms with Crippen LogP contribution in [0.25, 0.3) is 6.08 Å². The van der Waals surface area contributed by atoms with Gasteiger partial charge in [-0.1, -0.05) is 35.0 Å². The first-order valence-electron chi connectivity index (χ1n) is 7.51. The van der Waals surface area contributed by atoms with E-state index in [1.807, 2.05) is 31.2 Å². The Bertz CT molecular complexity index is 692. The molecule has 1 aromatic carbocycles. The molecule has 2 rings (SSSR count). The van der Waals surface area contributed by atoms with Crippen LogP contribution in [0.5, 0.6) is 0 Å². The van der Waals surface area contributed by atoms with E-state index in [2.05, 4.69) is 21.2 Å².